The van der Waals surface area contributed by atoms with Crippen molar-refractivity contribution in [3.05, 3.63) is 59.4 Å². The van der Waals surface area contributed by atoms with Gasteiger partial charge in [-0.15, -0.1) is 6.58 Å². The Bertz CT molecular complexity index is 956. The molecule has 0 radical (unpaired) electrons. The van der Waals surface area contributed by atoms with E-state index in [1.165, 1.54) is 6.20 Å². The van der Waals surface area contributed by atoms with E-state index < -0.39 is 6.03 Å². The molecule has 0 atom stereocenters. The summed E-state index contributed by atoms with van der Waals surface area (Å²) >= 11 is 3.43. The van der Waals surface area contributed by atoms with E-state index in [1.807, 2.05) is 19.1 Å². The molecule has 2 rings (SSSR count). The summed E-state index contributed by atoms with van der Waals surface area (Å²) in [6.45, 7) is 9.70. The fraction of sp³-hybridized carbons (Fsp3) is 0.200. The molecule has 0 saturated heterocycles. The highest BCUT2D eigenvalue weighted by Crippen LogP contribution is 2.35. The number of hydrogen-bond donors (Lipinski definition) is 2. The molecular weight excluding hydrogens is 438 g/mol. The molecule has 0 fully saturated rings. The van der Waals surface area contributed by atoms with Crippen LogP contribution in [0.2, 0.25) is 0 Å². The highest BCUT2D eigenvalue weighted by molar-refractivity contribution is 9.10. The van der Waals surface area contributed by atoms with Gasteiger partial charge in [-0.1, -0.05) is 18.7 Å². The Hall–Kier alpha value is -3.38. The van der Waals surface area contributed by atoms with Crippen LogP contribution in [0.4, 0.5) is 16.3 Å². The number of aryl methyl sites for hydroxylation is 1. The molecule has 0 unspecified atom stereocenters. The molecule has 29 heavy (non-hydrogen) atoms. The lowest BCUT2D eigenvalue weighted by atomic mass is 10.2. The van der Waals surface area contributed by atoms with Gasteiger partial charge >= 0.3 is 6.03 Å². The van der Waals surface area contributed by atoms with Crippen LogP contribution in [0.3, 0.4) is 0 Å². The van der Waals surface area contributed by atoms with Gasteiger partial charge in [-0.3, -0.25) is 5.32 Å². The summed E-state index contributed by atoms with van der Waals surface area (Å²) in [6.07, 6.45) is 5.15. The molecule has 1 aromatic heterocycles. The summed E-state index contributed by atoms with van der Waals surface area (Å²) in [6, 6.07) is 5.00. The number of rotatable bonds is 9. The number of halogens is 1. The Labute approximate surface area is 177 Å². The Morgan fingerprint density at radius 3 is 2.79 bits per heavy atom. The summed E-state index contributed by atoms with van der Waals surface area (Å²) in [5.74, 6) is 0.654. The molecule has 2 aromatic rings. The minimum Gasteiger partial charge on any atom is -0.486 e. The van der Waals surface area contributed by atoms with E-state index in [4.69, 9.17) is 14.7 Å². The fourth-order valence-electron chi connectivity index (χ4n) is 2.23. The minimum atomic E-state index is -0.554. The zero-order valence-electron chi connectivity index (χ0n) is 15.9. The molecule has 9 heteroatoms. The molecule has 2 N–H and O–H groups in total. The number of nitrogens with zero attached hydrogens (tertiary/aromatic N) is 3. The van der Waals surface area contributed by atoms with E-state index in [1.54, 1.807) is 18.2 Å². The van der Waals surface area contributed by atoms with Gasteiger partial charge in [0.15, 0.2) is 11.6 Å². The van der Waals surface area contributed by atoms with Crippen LogP contribution in [0, 0.1) is 18.3 Å². The first-order chi connectivity index (χ1) is 14.0. The number of urea groups is 1. The van der Waals surface area contributed by atoms with Crippen molar-refractivity contribution < 1.29 is 14.3 Å². The van der Waals surface area contributed by atoms with Crippen molar-refractivity contribution >= 4 is 33.5 Å². The van der Waals surface area contributed by atoms with Crippen LogP contribution in [-0.2, 0) is 0 Å². The monoisotopic (exact) mass is 457 g/mol. The number of nitrogens with one attached hydrogen (secondary N) is 2. The smallest absolute Gasteiger partial charge is 0.325 e. The summed E-state index contributed by atoms with van der Waals surface area (Å²) in [5.41, 5.74) is 1.43. The predicted octanol–water partition coefficient (Wildman–Crippen LogP) is 4.58. The van der Waals surface area contributed by atoms with Crippen molar-refractivity contribution in [2.75, 3.05) is 23.8 Å². The van der Waals surface area contributed by atoms with E-state index in [0.717, 1.165) is 5.56 Å². The van der Waals surface area contributed by atoms with Crippen molar-refractivity contribution in [1.82, 2.24) is 9.97 Å². The van der Waals surface area contributed by atoms with Crippen LogP contribution in [0.1, 0.15) is 17.7 Å². The molecule has 150 valence electrons. The lowest BCUT2D eigenvalue weighted by Crippen LogP contribution is -2.21. The number of amides is 2. The molecule has 0 aliphatic carbocycles. The number of benzene rings is 1. The van der Waals surface area contributed by atoms with Gasteiger partial charge in [0.1, 0.15) is 12.7 Å². The summed E-state index contributed by atoms with van der Waals surface area (Å²) in [7, 11) is 0. The lowest BCUT2D eigenvalue weighted by molar-refractivity contribution is 0.261. The average molecular weight is 458 g/mol. The van der Waals surface area contributed by atoms with Gasteiger partial charge in [0.05, 0.1) is 23.0 Å². The van der Waals surface area contributed by atoms with Crippen LogP contribution in [0.15, 0.2) is 48.1 Å². The largest absolute Gasteiger partial charge is 0.486 e. The third-order valence-corrected chi connectivity index (χ3v) is 4.02. The first-order valence-electron chi connectivity index (χ1n) is 8.61. The number of anilines is 2. The molecule has 0 bridgehead atoms. The van der Waals surface area contributed by atoms with Crippen LogP contribution in [0.5, 0.6) is 11.6 Å². The molecule has 2 amide bonds. The second-order valence-electron chi connectivity index (χ2n) is 5.75. The van der Waals surface area contributed by atoms with Crippen molar-refractivity contribution in [3.63, 3.8) is 0 Å². The molecule has 1 aromatic carbocycles. The van der Waals surface area contributed by atoms with E-state index >= 15 is 0 Å². The van der Waals surface area contributed by atoms with E-state index in [9.17, 15) is 4.79 Å². The number of aromatic nitrogens is 2. The van der Waals surface area contributed by atoms with Crippen LogP contribution in [-0.4, -0.2) is 29.2 Å². The van der Waals surface area contributed by atoms with Crippen LogP contribution < -0.4 is 20.1 Å². The quantitative estimate of drug-likeness (QED) is 0.421. The third kappa shape index (κ3) is 6.33. The number of carbonyl (C=O) groups excluding carboxylic acids is 1. The normalized spacial score (nSPS) is 9.83. The third-order valence-electron chi connectivity index (χ3n) is 3.43. The molecule has 0 aliphatic heterocycles. The Kier molecular flexibility index (Phi) is 8.18. The number of nitriles is 1. The van der Waals surface area contributed by atoms with Gasteiger partial charge in [0, 0.05) is 0 Å². The maximum absolute atomic E-state index is 12.5. The topological polar surface area (TPSA) is 109 Å². The second kappa shape index (κ2) is 10.8. The van der Waals surface area contributed by atoms with E-state index in [2.05, 4.69) is 49.7 Å². The van der Waals surface area contributed by atoms with Gasteiger partial charge in [0.25, 0.3) is 5.88 Å². The summed E-state index contributed by atoms with van der Waals surface area (Å²) in [4.78, 5) is 20.6. The minimum absolute atomic E-state index is 0.0303. The van der Waals surface area contributed by atoms with Crippen molar-refractivity contribution in [1.29, 1.82) is 5.26 Å². The van der Waals surface area contributed by atoms with Crippen LogP contribution in [0.25, 0.3) is 0 Å². The maximum atomic E-state index is 12.5. The van der Waals surface area contributed by atoms with E-state index in [0.29, 0.717) is 28.9 Å². The molecule has 1 heterocycles. The van der Waals surface area contributed by atoms with Gasteiger partial charge in [-0.2, -0.15) is 10.2 Å². The average Bonchev–Trinajstić information content (AvgIpc) is 2.67. The highest BCUT2D eigenvalue weighted by atomic mass is 79.9. The predicted molar refractivity (Wildman–Crippen MR) is 114 cm³/mol. The first-order valence-corrected chi connectivity index (χ1v) is 9.40. The molecule has 0 saturated carbocycles. The van der Waals surface area contributed by atoms with Gasteiger partial charge < -0.3 is 14.8 Å². The fourth-order valence-corrected chi connectivity index (χ4v) is 2.92. The van der Waals surface area contributed by atoms with Gasteiger partial charge in [-0.25, -0.2) is 9.78 Å². The number of ether oxygens (including phenoxy) is 2. The standard InChI is InChI=1S/C20H20BrN5O3/c1-4-6-8-29-19-16(11-22)23-12-17(25-19)26-20(27)24-15-10-13(3)9-14(21)18(15)28-7-5-2/h4-5,9-10,12H,1-2,6-8H2,3H3,(H2,24,25,26,27). The van der Waals surface area contributed by atoms with Crippen molar-refractivity contribution in [2.24, 2.45) is 0 Å². The van der Waals surface area contributed by atoms with Crippen molar-refractivity contribution in [2.45, 2.75) is 13.3 Å². The zero-order chi connectivity index (χ0) is 21.2. The Morgan fingerprint density at radius 1 is 1.31 bits per heavy atom. The molecule has 8 nitrogen and oxygen atoms in total. The highest BCUT2D eigenvalue weighted by Gasteiger charge is 2.14. The van der Waals surface area contributed by atoms with Crippen LogP contribution >= 0.6 is 15.9 Å². The molecule has 0 spiro atoms. The van der Waals surface area contributed by atoms with E-state index in [-0.39, 0.29) is 24.0 Å². The lowest BCUT2D eigenvalue weighted by Gasteiger charge is -2.15. The van der Waals surface area contributed by atoms with Gasteiger partial charge in [0.2, 0.25) is 5.69 Å². The summed E-state index contributed by atoms with van der Waals surface area (Å²) in [5, 5.41) is 14.4. The zero-order valence-corrected chi connectivity index (χ0v) is 17.5. The second-order valence-corrected chi connectivity index (χ2v) is 6.60. The molecule has 0 aliphatic rings. The first kappa shape index (κ1) is 21.9. The Morgan fingerprint density at radius 2 is 2.10 bits per heavy atom. The van der Waals surface area contributed by atoms with Gasteiger partial charge in [-0.05, 0) is 47.0 Å². The summed E-state index contributed by atoms with van der Waals surface area (Å²) < 4.78 is 11.8. The number of hydrogen-bond acceptors (Lipinski definition) is 6. The SMILES string of the molecule is C=CCCOc1nc(NC(=O)Nc2cc(C)cc(Br)c2OCC=C)cnc1C#N. The Balaban J connectivity index is 2.17. The van der Waals surface area contributed by atoms with Crippen molar-refractivity contribution in [3.8, 4) is 17.7 Å². The number of carbonyl (C=O) groups is 1. The molecular formula is C20H20BrN5O3. The maximum Gasteiger partial charge on any atom is 0.325 e.